The van der Waals surface area contributed by atoms with Crippen LogP contribution in [0.1, 0.15) is 44.1 Å². The van der Waals surface area contributed by atoms with E-state index in [9.17, 15) is 9.59 Å². The molecule has 4 rings (SSSR count). The molecule has 0 unspecified atom stereocenters. The quantitative estimate of drug-likeness (QED) is 0.652. The fourth-order valence-corrected chi connectivity index (χ4v) is 4.27. The SMILES string of the molecule is COC(=O)[C@@H]1CCCN1C(=O)CCC1(c2ccc(Oc3ccccc3)cc2)CC1. The van der Waals surface area contributed by atoms with Gasteiger partial charge in [-0.25, -0.2) is 4.79 Å². The molecular weight excluding hydrogens is 366 g/mol. The zero-order chi connectivity index (χ0) is 20.3. The first kappa shape index (κ1) is 19.5. The van der Waals surface area contributed by atoms with Crippen molar-refractivity contribution in [3.63, 3.8) is 0 Å². The second-order valence-corrected chi connectivity index (χ2v) is 7.99. The second-order valence-electron chi connectivity index (χ2n) is 7.99. The molecule has 0 bridgehead atoms. The monoisotopic (exact) mass is 393 g/mol. The molecule has 1 atom stereocenters. The van der Waals surface area contributed by atoms with E-state index in [1.165, 1.54) is 12.7 Å². The van der Waals surface area contributed by atoms with Crippen molar-refractivity contribution in [1.82, 2.24) is 4.90 Å². The molecule has 1 saturated carbocycles. The van der Waals surface area contributed by atoms with Crippen molar-refractivity contribution in [2.75, 3.05) is 13.7 Å². The Morgan fingerprint density at radius 3 is 2.38 bits per heavy atom. The highest BCUT2D eigenvalue weighted by Crippen LogP contribution is 2.52. The number of rotatable bonds is 7. The highest BCUT2D eigenvalue weighted by atomic mass is 16.5. The molecule has 0 radical (unpaired) electrons. The van der Waals surface area contributed by atoms with Gasteiger partial charge < -0.3 is 14.4 Å². The number of amides is 1. The van der Waals surface area contributed by atoms with E-state index in [4.69, 9.17) is 9.47 Å². The average molecular weight is 393 g/mol. The first-order chi connectivity index (χ1) is 14.1. The standard InChI is InChI=1S/C24H27NO4/c1-28-23(27)21-8-5-17-25(21)22(26)13-14-24(15-16-24)18-9-11-20(12-10-18)29-19-6-3-2-4-7-19/h2-4,6-7,9-12,21H,5,8,13-17H2,1H3/t21-/m0/s1. The first-order valence-corrected chi connectivity index (χ1v) is 10.3. The normalized spacial score (nSPS) is 19.6. The number of hydrogen-bond donors (Lipinski definition) is 0. The van der Waals surface area contributed by atoms with Gasteiger partial charge in [-0.2, -0.15) is 0 Å². The van der Waals surface area contributed by atoms with E-state index in [0.29, 0.717) is 19.4 Å². The van der Waals surface area contributed by atoms with Crippen LogP contribution in [0.25, 0.3) is 0 Å². The summed E-state index contributed by atoms with van der Waals surface area (Å²) in [4.78, 5) is 26.3. The zero-order valence-electron chi connectivity index (χ0n) is 16.8. The number of nitrogens with zero attached hydrogens (tertiary/aromatic N) is 1. The van der Waals surface area contributed by atoms with Crippen molar-refractivity contribution in [2.45, 2.75) is 50.0 Å². The molecule has 0 aromatic heterocycles. The fourth-order valence-electron chi connectivity index (χ4n) is 4.27. The molecule has 5 nitrogen and oxygen atoms in total. The minimum absolute atomic E-state index is 0.0632. The number of ether oxygens (including phenoxy) is 2. The van der Waals surface area contributed by atoms with Gasteiger partial charge in [0.1, 0.15) is 17.5 Å². The molecule has 152 valence electrons. The van der Waals surface area contributed by atoms with E-state index in [1.807, 2.05) is 42.5 Å². The summed E-state index contributed by atoms with van der Waals surface area (Å²) < 4.78 is 10.7. The Kier molecular flexibility index (Phi) is 5.56. The maximum atomic E-state index is 12.7. The fraction of sp³-hybridized carbons (Fsp3) is 0.417. The summed E-state index contributed by atoms with van der Waals surface area (Å²) >= 11 is 0. The maximum absolute atomic E-state index is 12.7. The second kappa shape index (κ2) is 8.27. The van der Waals surface area contributed by atoms with Gasteiger partial charge in [0.2, 0.25) is 5.91 Å². The van der Waals surface area contributed by atoms with Crippen LogP contribution in [0, 0.1) is 0 Å². The van der Waals surface area contributed by atoms with Crippen LogP contribution in [-0.4, -0.2) is 36.5 Å². The van der Waals surface area contributed by atoms with Gasteiger partial charge in [0, 0.05) is 13.0 Å². The topological polar surface area (TPSA) is 55.8 Å². The molecule has 2 aromatic rings. The van der Waals surface area contributed by atoms with E-state index in [2.05, 4.69) is 12.1 Å². The van der Waals surface area contributed by atoms with Crippen LogP contribution < -0.4 is 4.74 Å². The highest BCUT2D eigenvalue weighted by molar-refractivity contribution is 5.85. The number of likely N-dealkylation sites (tertiary alicyclic amines) is 1. The van der Waals surface area contributed by atoms with Crippen molar-refractivity contribution < 1.29 is 19.1 Å². The van der Waals surface area contributed by atoms with Crippen molar-refractivity contribution in [3.8, 4) is 11.5 Å². The summed E-state index contributed by atoms with van der Waals surface area (Å²) in [6.45, 7) is 0.650. The number of carbonyl (C=O) groups is 2. The van der Waals surface area contributed by atoms with E-state index in [0.717, 1.165) is 37.2 Å². The number of esters is 1. The molecule has 0 N–H and O–H groups in total. The molecule has 5 heteroatoms. The van der Waals surface area contributed by atoms with Gasteiger partial charge in [-0.3, -0.25) is 4.79 Å². The molecule has 1 amide bonds. The van der Waals surface area contributed by atoms with E-state index in [-0.39, 0.29) is 17.3 Å². The molecule has 2 aromatic carbocycles. The number of benzene rings is 2. The predicted molar refractivity (Wildman–Crippen MR) is 110 cm³/mol. The number of hydrogen-bond acceptors (Lipinski definition) is 4. The molecule has 2 aliphatic rings. The molecule has 1 aliphatic carbocycles. The highest BCUT2D eigenvalue weighted by Gasteiger charge is 2.45. The van der Waals surface area contributed by atoms with E-state index >= 15 is 0 Å². The minimum Gasteiger partial charge on any atom is -0.467 e. The third-order valence-electron chi connectivity index (χ3n) is 6.16. The van der Waals surface area contributed by atoms with Crippen LogP contribution in [0.2, 0.25) is 0 Å². The van der Waals surface area contributed by atoms with E-state index in [1.54, 1.807) is 4.90 Å². The van der Waals surface area contributed by atoms with Gasteiger partial charge in [0.15, 0.2) is 0 Å². The lowest BCUT2D eigenvalue weighted by atomic mass is 9.90. The van der Waals surface area contributed by atoms with Gasteiger partial charge in [-0.15, -0.1) is 0 Å². The van der Waals surface area contributed by atoms with Gasteiger partial charge in [-0.05, 0) is 67.3 Å². The van der Waals surface area contributed by atoms with Crippen molar-refractivity contribution in [3.05, 3.63) is 60.2 Å². The number of methoxy groups -OCH3 is 1. The van der Waals surface area contributed by atoms with Crippen LogP contribution in [0.5, 0.6) is 11.5 Å². The lowest BCUT2D eigenvalue weighted by molar-refractivity contribution is -0.151. The first-order valence-electron chi connectivity index (χ1n) is 10.3. The lowest BCUT2D eigenvalue weighted by Crippen LogP contribution is -2.41. The van der Waals surface area contributed by atoms with Crippen molar-refractivity contribution >= 4 is 11.9 Å². The molecule has 0 spiro atoms. The molecular formula is C24H27NO4. The van der Waals surface area contributed by atoms with Crippen LogP contribution in [0.3, 0.4) is 0 Å². The Hall–Kier alpha value is -2.82. The minimum atomic E-state index is -0.405. The Balaban J connectivity index is 1.36. The van der Waals surface area contributed by atoms with Crippen LogP contribution in [0.15, 0.2) is 54.6 Å². The van der Waals surface area contributed by atoms with Gasteiger partial charge in [0.25, 0.3) is 0 Å². The Morgan fingerprint density at radius 1 is 1.03 bits per heavy atom. The Bertz CT molecular complexity index is 858. The molecule has 1 heterocycles. The smallest absolute Gasteiger partial charge is 0.328 e. The lowest BCUT2D eigenvalue weighted by Gasteiger charge is -2.24. The van der Waals surface area contributed by atoms with Gasteiger partial charge in [-0.1, -0.05) is 30.3 Å². The van der Waals surface area contributed by atoms with Crippen LogP contribution >= 0.6 is 0 Å². The third kappa shape index (κ3) is 4.29. The Morgan fingerprint density at radius 2 is 1.72 bits per heavy atom. The zero-order valence-corrected chi connectivity index (χ0v) is 16.8. The molecule has 1 aliphatic heterocycles. The summed E-state index contributed by atoms with van der Waals surface area (Å²) in [6, 6.07) is 17.5. The average Bonchev–Trinajstić information content (AvgIpc) is 3.39. The molecule has 1 saturated heterocycles. The van der Waals surface area contributed by atoms with Crippen molar-refractivity contribution in [2.24, 2.45) is 0 Å². The molecule has 2 fully saturated rings. The molecule has 29 heavy (non-hydrogen) atoms. The number of para-hydroxylation sites is 1. The third-order valence-corrected chi connectivity index (χ3v) is 6.16. The maximum Gasteiger partial charge on any atom is 0.328 e. The van der Waals surface area contributed by atoms with Crippen LogP contribution in [-0.2, 0) is 19.7 Å². The Labute approximate surface area is 171 Å². The van der Waals surface area contributed by atoms with Gasteiger partial charge in [0.05, 0.1) is 7.11 Å². The summed E-state index contributed by atoms with van der Waals surface area (Å²) in [5.41, 5.74) is 1.35. The summed E-state index contributed by atoms with van der Waals surface area (Å²) in [7, 11) is 1.38. The summed E-state index contributed by atoms with van der Waals surface area (Å²) in [5, 5.41) is 0. The largest absolute Gasteiger partial charge is 0.467 e. The van der Waals surface area contributed by atoms with E-state index < -0.39 is 6.04 Å². The van der Waals surface area contributed by atoms with Crippen LogP contribution in [0.4, 0.5) is 0 Å². The summed E-state index contributed by atoms with van der Waals surface area (Å²) in [5.74, 6) is 1.39. The predicted octanol–water partition coefficient (Wildman–Crippen LogP) is 4.45. The summed E-state index contributed by atoms with van der Waals surface area (Å²) in [6.07, 6.45) is 5.04. The van der Waals surface area contributed by atoms with Gasteiger partial charge >= 0.3 is 5.97 Å². The number of carbonyl (C=O) groups excluding carboxylic acids is 2. The van der Waals surface area contributed by atoms with Crippen molar-refractivity contribution in [1.29, 1.82) is 0 Å².